The molecule has 4 nitrogen and oxygen atoms in total. The third-order valence-electron chi connectivity index (χ3n) is 4.97. The molecule has 27 heavy (non-hydrogen) atoms. The Bertz CT molecular complexity index is 630. The maximum Gasteiger partial charge on any atom is 0.191 e. The van der Waals surface area contributed by atoms with Crippen LogP contribution in [0, 0.1) is 17.2 Å². The van der Waals surface area contributed by atoms with Crippen LogP contribution in [-0.4, -0.2) is 38.5 Å². The van der Waals surface area contributed by atoms with E-state index in [2.05, 4.69) is 36.4 Å². The van der Waals surface area contributed by atoms with Gasteiger partial charge in [0.2, 0.25) is 0 Å². The van der Waals surface area contributed by atoms with Crippen LogP contribution in [0.1, 0.15) is 44.7 Å². The van der Waals surface area contributed by atoms with Crippen LogP contribution in [0.4, 0.5) is 4.39 Å². The van der Waals surface area contributed by atoms with Gasteiger partial charge in [-0.25, -0.2) is 4.39 Å². The molecule has 0 aromatic heterocycles. The van der Waals surface area contributed by atoms with Crippen LogP contribution in [0.15, 0.2) is 23.2 Å². The molecule has 2 N–H and O–H groups in total. The van der Waals surface area contributed by atoms with E-state index in [4.69, 9.17) is 4.74 Å². The first-order valence-electron chi connectivity index (χ1n) is 9.67. The molecular formula is C21H34FN3OS. The second-order valence-corrected chi connectivity index (χ2v) is 9.08. The molecule has 2 rings (SSSR count). The second-order valence-electron chi connectivity index (χ2n) is 8.21. The van der Waals surface area contributed by atoms with Gasteiger partial charge in [-0.3, -0.25) is 4.99 Å². The highest BCUT2D eigenvalue weighted by atomic mass is 32.2. The van der Waals surface area contributed by atoms with Crippen LogP contribution in [0.3, 0.4) is 0 Å². The number of thioether (sulfide) groups is 1. The molecule has 0 amide bonds. The minimum absolute atomic E-state index is 0.130. The van der Waals surface area contributed by atoms with Gasteiger partial charge >= 0.3 is 0 Å². The average Bonchev–Trinajstić information content (AvgIpc) is 2.63. The highest BCUT2D eigenvalue weighted by Crippen LogP contribution is 2.33. The third kappa shape index (κ3) is 6.68. The lowest BCUT2D eigenvalue weighted by molar-refractivity contribution is -0.0835. The number of aliphatic imine (C=N–C) groups is 1. The molecule has 1 aliphatic rings. The van der Waals surface area contributed by atoms with E-state index in [0.717, 1.165) is 42.4 Å². The summed E-state index contributed by atoms with van der Waals surface area (Å²) < 4.78 is 19.6. The smallest absolute Gasteiger partial charge is 0.191 e. The zero-order chi connectivity index (χ0) is 19.9. The Morgan fingerprint density at radius 1 is 1.30 bits per heavy atom. The number of nitrogens with one attached hydrogen (secondary N) is 2. The lowest BCUT2D eigenvalue weighted by Gasteiger charge is -2.40. The zero-order valence-electron chi connectivity index (χ0n) is 17.3. The molecule has 0 saturated carbocycles. The van der Waals surface area contributed by atoms with Crippen molar-refractivity contribution in [2.75, 3.05) is 26.5 Å². The fraction of sp³-hybridized carbons (Fsp3) is 0.667. The van der Waals surface area contributed by atoms with Crippen molar-refractivity contribution in [2.24, 2.45) is 16.3 Å². The summed E-state index contributed by atoms with van der Waals surface area (Å²) >= 11 is 1.69. The van der Waals surface area contributed by atoms with Gasteiger partial charge in [-0.05, 0) is 47.8 Å². The van der Waals surface area contributed by atoms with Crippen molar-refractivity contribution in [3.8, 4) is 0 Å². The Balaban J connectivity index is 1.93. The van der Waals surface area contributed by atoms with Crippen molar-refractivity contribution < 1.29 is 9.13 Å². The van der Waals surface area contributed by atoms with E-state index in [0.29, 0.717) is 12.5 Å². The number of nitrogens with zero attached hydrogens (tertiary/aromatic N) is 1. The fourth-order valence-corrected chi connectivity index (χ4v) is 4.27. The van der Waals surface area contributed by atoms with Gasteiger partial charge in [0.25, 0.3) is 0 Å². The van der Waals surface area contributed by atoms with Crippen molar-refractivity contribution >= 4 is 17.7 Å². The molecule has 1 heterocycles. The lowest BCUT2D eigenvalue weighted by Crippen LogP contribution is -2.47. The van der Waals surface area contributed by atoms with Gasteiger partial charge in [0.15, 0.2) is 5.96 Å². The zero-order valence-corrected chi connectivity index (χ0v) is 18.1. The molecule has 152 valence electrons. The van der Waals surface area contributed by atoms with Crippen molar-refractivity contribution in [3.05, 3.63) is 35.1 Å². The standard InChI is InChI=1S/C21H34FN3OS/c1-21(2,3)19-16(7-6-10-26-19)13-25-20(23-4)24-12-15-8-9-18(22)11-17(15)14-27-5/h8-9,11,16,19H,6-7,10,12-14H2,1-5H3,(H2,23,24,25). The van der Waals surface area contributed by atoms with Gasteiger partial charge in [0, 0.05) is 38.4 Å². The molecule has 2 unspecified atom stereocenters. The number of hydrogen-bond acceptors (Lipinski definition) is 3. The third-order valence-corrected chi connectivity index (χ3v) is 5.57. The van der Waals surface area contributed by atoms with Crippen molar-refractivity contribution in [2.45, 2.75) is 52.0 Å². The van der Waals surface area contributed by atoms with Gasteiger partial charge in [-0.1, -0.05) is 26.8 Å². The largest absolute Gasteiger partial charge is 0.377 e. The number of guanidine groups is 1. The molecule has 0 bridgehead atoms. The van der Waals surface area contributed by atoms with E-state index in [9.17, 15) is 4.39 Å². The first kappa shape index (κ1) is 22.0. The monoisotopic (exact) mass is 395 g/mol. The summed E-state index contributed by atoms with van der Waals surface area (Å²) in [6, 6.07) is 4.99. The first-order chi connectivity index (χ1) is 12.8. The van der Waals surface area contributed by atoms with Crippen LogP contribution in [0.5, 0.6) is 0 Å². The quantitative estimate of drug-likeness (QED) is 0.560. The predicted octanol–water partition coefficient (Wildman–Crippen LogP) is 4.20. The van der Waals surface area contributed by atoms with Crippen LogP contribution in [0.25, 0.3) is 0 Å². The van der Waals surface area contributed by atoms with Crippen LogP contribution >= 0.6 is 11.8 Å². The molecule has 6 heteroatoms. The fourth-order valence-electron chi connectivity index (χ4n) is 3.69. The molecule has 1 fully saturated rings. The van der Waals surface area contributed by atoms with Gasteiger partial charge in [0.1, 0.15) is 5.82 Å². The maximum atomic E-state index is 13.5. The summed E-state index contributed by atoms with van der Waals surface area (Å²) in [4.78, 5) is 4.34. The SMILES string of the molecule is CN=C(NCc1ccc(F)cc1CSC)NCC1CCCOC1C(C)(C)C. The second kappa shape index (κ2) is 10.3. The van der Waals surface area contributed by atoms with E-state index in [1.54, 1.807) is 24.9 Å². The Morgan fingerprint density at radius 3 is 2.74 bits per heavy atom. The van der Waals surface area contributed by atoms with E-state index in [1.807, 2.05) is 12.3 Å². The minimum Gasteiger partial charge on any atom is -0.377 e. The summed E-state index contributed by atoms with van der Waals surface area (Å²) in [6.07, 6.45) is 4.56. The predicted molar refractivity (Wildman–Crippen MR) is 114 cm³/mol. The Kier molecular flexibility index (Phi) is 8.42. The van der Waals surface area contributed by atoms with Crippen molar-refractivity contribution in [3.63, 3.8) is 0 Å². The Labute approximate surface area is 167 Å². The highest BCUT2D eigenvalue weighted by Gasteiger charge is 2.35. The van der Waals surface area contributed by atoms with Crippen molar-refractivity contribution in [1.82, 2.24) is 10.6 Å². The number of hydrogen-bond donors (Lipinski definition) is 2. The molecule has 1 aromatic rings. The number of ether oxygens (including phenoxy) is 1. The number of benzene rings is 1. The molecular weight excluding hydrogens is 361 g/mol. The number of halogens is 1. The summed E-state index contributed by atoms with van der Waals surface area (Å²) in [5.41, 5.74) is 2.26. The van der Waals surface area contributed by atoms with Crippen LogP contribution in [0.2, 0.25) is 0 Å². The number of rotatable bonds is 6. The molecule has 0 spiro atoms. The first-order valence-corrected chi connectivity index (χ1v) is 11.1. The normalized spacial score (nSPS) is 21.2. The Morgan fingerprint density at radius 2 is 2.07 bits per heavy atom. The summed E-state index contributed by atoms with van der Waals surface area (Å²) in [5, 5.41) is 6.82. The molecule has 1 aromatic carbocycles. The molecule has 1 aliphatic heterocycles. The van der Waals surface area contributed by atoms with Crippen LogP contribution in [-0.2, 0) is 17.0 Å². The summed E-state index contributed by atoms with van der Waals surface area (Å²) in [5.74, 6) is 1.85. The molecule has 0 aliphatic carbocycles. The van der Waals surface area contributed by atoms with Crippen LogP contribution < -0.4 is 10.6 Å². The Hall–Kier alpha value is -1.27. The molecule has 0 radical (unpaired) electrons. The van der Waals surface area contributed by atoms with Gasteiger partial charge in [0.05, 0.1) is 6.10 Å². The molecule has 1 saturated heterocycles. The van der Waals surface area contributed by atoms with E-state index >= 15 is 0 Å². The summed E-state index contributed by atoms with van der Waals surface area (Å²) in [6.45, 7) is 9.04. The van der Waals surface area contributed by atoms with Crippen molar-refractivity contribution in [1.29, 1.82) is 0 Å². The van der Waals surface area contributed by atoms with E-state index < -0.39 is 0 Å². The lowest BCUT2D eigenvalue weighted by atomic mass is 9.78. The maximum absolute atomic E-state index is 13.5. The van der Waals surface area contributed by atoms with Gasteiger partial charge in [-0.15, -0.1) is 0 Å². The minimum atomic E-state index is -0.184. The average molecular weight is 396 g/mol. The van der Waals surface area contributed by atoms with E-state index in [1.165, 1.54) is 12.5 Å². The molecule has 2 atom stereocenters. The van der Waals surface area contributed by atoms with E-state index in [-0.39, 0.29) is 17.3 Å². The van der Waals surface area contributed by atoms with Gasteiger partial charge < -0.3 is 15.4 Å². The topological polar surface area (TPSA) is 45.7 Å². The van der Waals surface area contributed by atoms with Gasteiger partial charge in [-0.2, -0.15) is 11.8 Å². The summed E-state index contributed by atoms with van der Waals surface area (Å²) in [7, 11) is 1.78. The highest BCUT2D eigenvalue weighted by molar-refractivity contribution is 7.97.